The van der Waals surface area contributed by atoms with Crippen molar-refractivity contribution in [1.82, 2.24) is 0 Å². The summed E-state index contributed by atoms with van der Waals surface area (Å²) in [5, 5.41) is 9.29. The molecule has 0 saturated heterocycles. The van der Waals surface area contributed by atoms with Crippen LogP contribution in [0.2, 0.25) is 0 Å². The predicted octanol–water partition coefficient (Wildman–Crippen LogP) is -2.74. The summed E-state index contributed by atoms with van der Waals surface area (Å²) in [5.74, 6) is -0.383. The van der Waals surface area contributed by atoms with Crippen molar-refractivity contribution in [3.8, 4) is 0 Å². The third kappa shape index (κ3) is 4.42. The fourth-order valence-corrected chi connectivity index (χ4v) is 1.62. The molecule has 5 heteroatoms. The molecule has 0 amide bonds. The van der Waals surface area contributed by atoms with Crippen LogP contribution >= 0.6 is 0 Å². The van der Waals surface area contributed by atoms with Crippen molar-refractivity contribution in [1.29, 1.82) is 0 Å². The summed E-state index contributed by atoms with van der Waals surface area (Å²) in [6.07, 6.45) is 2.13. The van der Waals surface area contributed by atoms with E-state index in [9.17, 15) is 9.90 Å². The van der Waals surface area contributed by atoms with E-state index in [-0.39, 0.29) is 37.0 Å². The van der Waals surface area contributed by atoms with Gasteiger partial charge >= 0.3 is 35.5 Å². The topological polar surface area (TPSA) is 72.5 Å². The first-order chi connectivity index (χ1) is 5.52. The van der Waals surface area contributed by atoms with Gasteiger partial charge in [0.15, 0.2) is 5.72 Å². The van der Waals surface area contributed by atoms with Crippen LogP contribution in [0.15, 0.2) is 0 Å². The van der Waals surface area contributed by atoms with Crippen LogP contribution < -0.4 is 35.3 Å². The zero-order valence-electron chi connectivity index (χ0n) is 9.25. The van der Waals surface area contributed by atoms with E-state index in [0.29, 0.717) is 12.8 Å². The molecule has 2 unspecified atom stereocenters. The number of aliphatic hydroxyl groups excluding tert-OH is 1. The molecule has 1 saturated carbocycles. The standard InChI is InChI=1S/C8H15NO3.Na.H/c1-6(10)12-8(9)4-2-3-7(11)5-8;;/h7,11H,2-5,9H2,1H3;;/q;+1;-1. The van der Waals surface area contributed by atoms with E-state index >= 15 is 0 Å². The van der Waals surface area contributed by atoms with Gasteiger partial charge in [0.05, 0.1) is 6.10 Å². The van der Waals surface area contributed by atoms with Gasteiger partial charge in [0.25, 0.3) is 0 Å². The molecule has 0 aromatic rings. The van der Waals surface area contributed by atoms with Gasteiger partial charge in [-0.15, -0.1) is 0 Å². The zero-order chi connectivity index (χ0) is 9.19. The molecule has 72 valence electrons. The second-order valence-corrected chi connectivity index (χ2v) is 3.41. The third-order valence-electron chi connectivity index (χ3n) is 2.07. The van der Waals surface area contributed by atoms with E-state index in [0.717, 1.165) is 12.8 Å². The summed E-state index contributed by atoms with van der Waals surface area (Å²) < 4.78 is 4.93. The molecular formula is C8H16NNaO3. The minimum absolute atomic E-state index is 0. The Balaban J connectivity index is 0. The van der Waals surface area contributed by atoms with E-state index in [1.54, 1.807) is 0 Å². The number of hydrogen-bond donors (Lipinski definition) is 2. The Labute approximate surface area is 102 Å². The summed E-state index contributed by atoms with van der Waals surface area (Å²) in [6, 6.07) is 0. The number of carbonyl (C=O) groups excluding carboxylic acids is 1. The number of hydrogen-bond acceptors (Lipinski definition) is 4. The minimum atomic E-state index is -0.927. The smallest absolute Gasteiger partial charge is 1.00 e. The first-order valence-electron chi connectivity index (χ1n) is 4.18. The summed E-state index contributed by atoms with van der Waals surface area (Å²) in [7, 11) is 0. The molecule has 0 aromatic heterocycles. The van der Waals surface area contributed by atoms with Gasteiger partial charge in [-0.25, -0.2) is 0 Å². The Hall–Kier alpha value is 0.390. The van der Waals surface area contributed by atoms with Gasteiger partial charge in [-0.05, 0) is 12.8 Å². The Morgan fingerprint density at radius 1 is 1.77 bits per heavy atom. The normalized spacial score (nSPS) is 33.3. The van der Waals surface area contributed by atoms with E-state index < -0.39 is 11.8 Å². The van der Waals surface area contributed by atoms with Crippen LogP contribution in [0.3, 0.4) is 0 Å². The fraction of sp³-hybridized carbons (Fsp3) is 0.875. The van der Waals surface area contributed by atoms with Gasteiger partial charge in [-0.1, -0.05) is 0 Å². The first kappa shape index (κ1) is 13.4. The number of carbonyl (C=O) groups is 1. The summed E-state index contributed by atoms with van der Waals surface area (Å²) in [5.41, 5.74) is 4.82. The molecule has 1 rings (SSSR count). The molecule has 0 bridgehead atoms. The van der Waals surface area contributed by atoms with Gasteiger partial charge < -0.3 is 11.3 Å². The summed E-state index contributed by atoms with van der Waals surface area (Å²) in [4.78, 5) is 10.6. The van der Waals surface area contributed by atoms with Gasteiger partial charge in [-0.3, -0.25) is 10.5 Å². The van der Waals surface area contributed by atoms with Crippen molar-refractivity contribution in [2.45, 2.75) is 44.4 Å². The molecule has 0 heterocycles. The van der Waals surface area contributed by atoms with Crippen LogP contribution in [0.1, 0.15) is 34.0 Å². The molecule has 4 nitrogen and oxygen atoms in total. The molecule has 2 atom stereocenters. The second kappa shape index (κ2) is 5.32. The molecule has 1 aliphatic carbocycles. The molecule has 0 aromatic carbocycles. The Bertz CT molecular complexity index is 193. The maximum absolute atomic E-state index is 10.6. The number of ether oxygens (including phenoxy) is 1. The Morgan fingerprint density at radius 2 is 2.38 bits per heavy atom. The maximum atomic E-state index is 10.6. The van der Waals surface area contributed by atoms with Crippen LogP contribution in [0.25, 0.3) is 0 Å². The van der Waals surface area contributed by atoms with E-state index in [1.165, 1.54) is 6.92 Å². The molecule has 13 heavy (non-hydrogen) atoms. The van der Waals surface area contributed by atoms with Crippen molar-refractivity contribution in [3.05, 3.63) is 0 Å². The quantitative estimate of drug-likeness (QED) is 0.272. The fourth-order valence-electron chi connectivity index (χ4n) is 1.62. The van der Waals surface area contributed by atoms with E-state index in [2.05, 4.69) is 0 Å². The monoisotopic (exact) mass is 197 g/mol. The van der Waals surface area contributed by atoms with E-state index in [4.69, 9.17) is 10.5 Å². The summed E-state index contributed by atoms with van der Waals surface area (Å²) >= 11 is 0. The zero-order valence-corrected chi connectivity index (χ0v) is 10.2. The molecule has 1 aliphatic rings. The van der Waals surface area contributed by atoms with Crippen molar-refractivity contribution >= 4 is 5.97 Å². The van der Waals surface area contributed by atoms with Crippen LogP contribution in [0, 0.1) is 0 Å². The van der Waals surface area contributed by atoms with Gasteiger partial charge in [0.2, 0.25) is 0 Å². The minimum Gasteiger partial charge on any atom is -1.00 e. The van der Waals surface area contributed by atoms with Crippen molar-refractivity contribution in [2.75, 3.05) is 0 Å². The van der Waals surface area contributed by atoms with Crippen molar-refractivity contribution in [2.24, 2.45) is 5.73 Å². The average Bonchev–Trinajstić information content (AvgIpc) is 1.82. The van der Waals surface area contributed by atoms with Crippen molar-refractivity contribution < 1.29 is 45.6 Å². The number of esters is 1. The summed E-state index contributed by atoms with van der Waals surface area (Å²) in [6.45, 7) is 1.33. The van der Waals surface area contributed by atoms with Gasteiger partial charge in [0, 0.05) is 19.8 Å². The number of aliphatic hydroxyl groups is 1. The second-order valence-electron chi connectivity index (χ2n) is 3.41. The molecular weight excluding hydrogens is 181 g/mol. The van der Waals surface area contributed by atoms with Crippen LogP contribution in [0.5, 0.6) is 0 Å². The molecule has 0 radical (unpaired) electrons. The largest absolute Gasteiger partial charge is 1.00 e. The van der Waals surface area contributed by atoms with Crippen LogP contribution in [-0.4, -0.2) is 22.9 Å². The molecule has 0 spiro atoms. The van der Waals surface area contributed by atoms with Crippen molar-refractivity contribution in [3.63, 3.8) is 0 Å². The number of nitrogens with two attached hydrogens (primary N) is 1. The average molecular weight is 197 g/mol. The molecule has 3 N–H and O–H groups in total. The molecule has 1 fully saturated rings. The first-order valence-corrected chi connectivity index (χ1v) is 4.18. The Kier molecular flexibility index (Phi) is 5.47. The third-order valence-corrected chi connectivity index (χ3v) is 2.07. The predicted molar refractivity (Wildman–Crippen MR) is 44.3 cm³/mol. The maximum Gasteiger partial charge on any atom is 1.00 e. The van der Waals surface area contributed by atoms with Gasteiger partial charge in [-0.2, -0.15) is 0 Å². The van der Waals surface area contributed by atoms with E-state index in [1.807, 2.05) is 0 Å². The van der Waals surface area contributed by atoms with Gasteiger partial charge in [0.1, 0.15) is 0 Å². The Morgan fingerprint density at radius 3 is 2.85 bits per heavy atom. The number of rotatable bonds is 1. The SMILES string of the molecule is CC(=O)OC1(N)CCCC(O)C1.[H-].[Na+]. The van der Waals surface area contributed by atoms with Crippen LogP contribution in [-0.2, 0) is 9.53 Å². The molecule has 0 aliphatic heterocycles. The van der Waals surface area contributed by atoms with Crippen LogP contribution in [0.4, 0.5) is 0 Å².